The Morgan fingerprint density at radius 2 is 2.11 bits per heavy atom. The molecule has 2 rings (SSSR count). The maximum absolute atomic E-state index is 12.1. The van der Waals surface area contributed by atoms with Crippen molar-refractivity contribution in [3.8, 4) is 11.4 Å². The van der Waals surface area contributed by atoms with Crippen LogP contribution in [0.15, 0.2) is 33.5 Å². The number of aromatic nitrogens is 2. The van der Waals surface area contributed by atoms with E-state index in [2.05, 4.69) is 21.0 Å². The predicted octanol–water partition coefficient (Wildman–Crippen LogP) is 3.06. The van der Waals surface area contributed by atoms with Gasteiger partial charge in [-0.25, -0.2) is 4.68 Å². The van der Waals surface area contributed by atoms with Crippen LogP contribution in [0.3, 0.4) is 0 Å². The van der Waals surface area contributed by atoms with Crippen LogP contribution in [0, 0.1) is 0 Å². The molecule has 1 N–H and O–H groups in total. The summed E-state index contributed by atoms with van der Waals surface area (Å²) in [6.45, 7) is 4.07. The molecule has 0 spiro atoms. The lowest BCUT2D eigenvalue weighted by Gasteiger charge is -2.05. The third kappa shape index (κ3) is 2.22. The van der Waals surface area contributed by atoms with Gasteiger partial charge in [0.15, 0.2) is 0 Å². The second-order valence-corrected chi connectivity index (χ2v) is 5.13. The molecule has 0 radical (unpaired) electrons. The van der Waals surface area contributed by atoms with E-state index < -0.39 is 0 Å². The van der Waals surface area contributed by atoms with E-state index in [9.17, 15) is 4.79 Å². The Hall–Kier alpha value is -1.49. The van der Waals surface area contributed by atoms with Crippen molar-refractivity contribution in [3.05, 3.63) is 44.8 Å². The highest BCUT2D eigenvalue weighted by Gasteiger charge is 2.15. The Bertz CT molecular complexity index is 614. The number of ether oxygens (including phenoxy) is 1. The van der Waals surface area contributed by atoms with E-state index in [-0.39, 0.29) is 11.5 Å². The van der Waals surface area contributed by atoms with Crippen LogP contribution >= 0.6 is 15.9 Å². The second kappa shape index (κ2) is 5.02. The molecular weight excluding hydrogens is 296 g/mol. The third-order valence-electron chi connectivity index (χ3n) is 2.75. The molecule has 0 fully saturated rings. The standard InChI is InChI=1S/C13H15BrN2O2/c1-8(2)12-11(14)13(17)16(15-12)9-5-4-6-10(7-9)18-3/h4-8,15H,1-3H3. The molecule has 0 saturated heterocycles. The van der Waals surface area contributed by atoms with Crippen molar-refractivity contribution >= 4 is 15.9 Å². The highest BCUT2D eigenvalue weighted by molar-refractivity contribution is 9.10. The Kier molecular flexibility index (Phi) is 3.61. The summed E-state index contributed by atoms with van der Waals surface area (Å²) in [6, 6.07) is 7.37. The number of aromatic amines is 1. The van der Waals surface area contributed by atoms with Crippen LogP contribution in [0.1, 0.15) is 25.5 Å². The predicted molar refractivity (Wildman–Crippen MR) is 74.7 cm³/mol. The number of H-pyrrole nitrogens is 1. The Balaban J connectivity index is 2.57. The Morgan fingerprint density at radius 1 is 1.39 bits per heavy atom. The fourth-order valence-electron chi connectivity index (χ4n) is 1.75. The summed E-state index contributed by atoms with van der Waals surface area (Å²) in [4.78, 5) is 12.1. The van der Waals surface area contributed by atoms with Gasteiger partial charge in [0.05, 0.1) is 18.5 Å². The minimum absolute atomic E-state index is 0.0908. The minimum atomic E-state index is -0.0908. The van der Waals surface area contributed by atoms with Gasteiger partial charge in [-0.15, -0.1) is 0 Å². The number of rotatable bonds is 3. The molecule has 5 heteroatoms. The zero-order chi connectivity index (χ0) is 13.3. The zero-order valence-electron chi connectivity index (χ0n) is 10.5. The molecule has 2 aromatic rings. The van der Waals surface area contributed by atoms with Gasteiger partial charge in [-0.2, -0.15) is 0 Å². The molecule has 4 nitrogen and oxygen atoms in total. The van der Waals surface area contributed by atoms with Crippen molar-refractivity contribution in [1.82, 2.24) is 9.78 Å². The van der Waals surface area contributed by atoms with Crippen molar-refractivity contribution in [1.29, 1.82) is 0 Å². The van der Waals surface area contributed by atoms with Gasteiger partial charge >= 0.3 is 0 Å². The van der Waals surface area contributed by atoms with Crippen LogP contribution in [-0.4, -0.2) is 16.9 Å². The van der Waals surface area contributed by atoms with E-state index in [4.69, 9.17) is 4.74 Å². The fourth-order valence-corrected chi connectivity index (χ4v) is 2.47. The molecule has 96 valence electrons. The van der Waals surface area contributed by atoms with Crippen LogP contribution in [0.5, 0.6) is 5.75 Å². The van der Waals surface area contributed by atoms with Gasteiger partial charge in [-0.05, 0) is 34.0 Å². The molecule has 1 aromatic carbocycles. The third-order valence-corrected chi connectivity index (χ3v) is 3.51. The van der Waals surface area contributed by atoms with E-state index in [1.165, 1.54) is 4.68 Å². The zero-order valence-corrected chi connectivity index (χ0v) is 12.1. The molecule has 0 aliphatic rings. The molecule has 0 bridgehead atoms. The summed E-state index contributed by atoms with van der Waals surface area (Å²) in [5.74, 6) is 0.968. The van der Waals surface area contributed by atoms with Gasteiger partial charge in [0.2, 0.25) is 0 Å². The first-order valence-electron chi connectivity index (χ1n) is 5.69. The number of methoxy groups -OCH3 is 1. The molecule has 1 heterocycles. The van der Waals surface area contributed by atoms with Gasteiger partial charge < -0.3 is 4.74 Å². The fraction of sp³-hybridized carbons (Fsp3) is 0.308. The SMILES string of the molecule is COc1cccc(-n2[nH]c(C(C)C)c(Br)c2=O)c1. The molecule has 0 saturated carbocycles. The molecule has 0 atom stereocenters. The van der Waals surface area contributed by atoms with Crippen LogP contribution in [-0.2, 0) is 0 Å². The average Bonchev–Trinajstić information content (AvgIpc) is 2.67. The van der Waals surface area contributed by atoms with Crippen molar-refractivity contribution in [2.75, 3.05) is 7.11 Å². The van der Waals surface area contributed by atoms with Gasteiger partial charge in [0.1, 0.15) is 10.2 Å². The van der Waals surface area contributed by atoms with Crippen molar-refractivity contribution in [3.63, 3.8) is 0 Å². The largest absolute Gasteiger partial charge is 0.497 e. The minimum Gasteiger partial charge on any atom is -0.497 e. The smallest absolute Gasteiger partial charge is 0.285 e. The Labute approximate surface area is 114 Å². The first-order valence-corrected chi connectivity index (χ1v) is 6.48. The van der Waals surface area contributed by atoms with Crippen molar-refractivity contribution < 1.29 is 4.74 Å². The molecule has 18 heavy (non-hydrogen) atoms. The monoisotopic (exact) mass is 310 g/mol. The second-order valence-electron chi connectivity index (χ2n) is 4.34. The normalized spacial score (nSPS) is 10.9. The summed E-state index contributed by atoms with van der Waals surface area (Å²) in [5.41, 5.74) is 1.56. The van der Waals surface area contributed by atoms with Crippen LogP contribution in [0.2, 0.25) is 0 Å². The van der Waals surface area contributed by atoms with E-state index in [1.807, 2.05) is 38.1 Å². The molecule has 0 amide bonds. The van der Waals surface area contributed by atoms with E-state index >= 15 is 0 Å². The molecule has 0 aliphatic carbocycles. The number of nitrogens with one attached hydrogen (secondary N) is 1. The van der Waals surface area contributed by atoms with Gasteiger partial charge in [-0.1, -0.05) is 19.9 Å². The van der Waals surface area contributed by atoms with Crippen LogP contribution < -0.4 is 10.3 Å². The molecule has 0 aliphatic heterocycles. The Morgan fingerprint density at radius 3 is 2.67 bits per heavy atom. The molecule has 1 aromatic heterocycles. The number of nitrogens with zero attached hydrogens (tertiary/aromatic N) is 1. The summed E-state index contributed by atoms with van der Waals surface area (Å²) in [6.07, 6.45) is 0. The first-order chi connectivity index (χ1) is 8.54. The molecular formula is C13H15BrN2O2. The van der Waals surface area contributed by atoms with Crippen molar-refractivity contribution in [2.24, 2.45) is 0 Å². The van der Waals surface area contributed by atoms with Crippen LogP contribution in [0.4, 0.5) is 0 Å². The summed E-state index contributed by atoms with van der Waals surface area (Å²) >= 11 is 3.34. The van der Waals surface area contributed by atoms with E-state index in [0.29, 0.717) is 4.47 Å². The summed E-state index contributed by atoms with van der Waals surface area (Å²) in [7, 11) is 1.60. The lowest BCUT2D eigenvalue weighted by molar-refractivity contribution is 0.414. The number of benzene rings is 1. The maximum Gasteiger partial charge on any atom is 0.285 e. The molecule has 0 unspecified atom stereocenters. The lowest BCUT2D eigenvalue weighted by Crippen LogP contribution is -2.14. The first kappa shape index (κ1) is 13.0. The number of halogens is 1. The van der Waals surface area contributed by atoms with Crippen LogP contribution in [0.25, 0.3) is 5.69 Å². The quantitative estimate of drug-likeness (QED) is 0.947. The topological polar surface area (TPSA) is 47.0 Å². The highest BCUT2D eigenvalue weighted by Crippen LogP contribution is 2.21. The maximum atomic E-state index is 12.1. The van der Waals surface area contributed by atoms with Gasteiger partial charge in [0.25, 0.3) is 5.56 Å². The van der Waals surface area contributed by atoms with E-state index in [0.717, 1.165) is 17.1 Å². The number of hydrogen-bond donors (Lipinski definition) is 1. The van der Waals surface area contributed by atoms with E-state index in [1.54, 1.807) is 7.11 Å². The van der Waals surface area contributed by atoms with Crippen molar-refractivity contribution in [2.45, 2.75) is 19.8 Å². The average molecular weight is 311 g/mol. The lowest BCUT2D eigenvalue weighted by atomic mass is 10.1. The summed E-state index contributed by atoms with van der Waals surface area (Å²) < 4.78 is 7.26. The highest BCUT2D eigenvalue weighted by atomic mass is 79.9. The number of hydrogen-bond acceptors (Lipinski definition) is 2. The summed E-state index contributed by atoms with van der Waals surface area (Å²) in [5, 5.41) is 3.12. The van der Waals surface area contributed by atoms with Gasteiger partial charge in [-0.3, -0.25) is 9.89 Å². The van der Waals surface area contributed by atoms with Gasteiger partial charge in [0, 0.05) is 6.07 Å².